The van der Waals surface area contributed by atoms with Crippen molar-refractivity contribution in [2.45, 2.75) is 20.8 Å². The van der Waals surface area contributed by atoms with Gasteiger partial charge in [-0.3, -0.25) is 0 Å². The van der Waals surface area contributed by atoms with Gasteiger partial charge in [0.2, 0.25) is 19.9 Å². The van der Waals surface area contributed by atoms with Gasteiger partial charge in [0.1, 0.15) is 4.90 Å². The number of aliphatic hydroxyl groups excluding tert-OH is 2. The van der Waals surface area contributed by atoms with E-state index in [1.54, 1.807) is 18.2 Å². The van der Waals surface area contributed by atoms with E-state index in [0.717, 1.165) is 6.07 Å². The molecule has 0 aliphatic carbocycles. The van der Waals surface area contributed by atoms with Crippen molar-refractivity contribution >= 4 is 31.5 Å². The molecule has 0 fully saturated rings. The second-order valence-electron chi connectivity index (χ2n) is 5.10. The Labute approximate surface area is 150 Å². The molecular weight excluding hydrogens is 390 g/mol. The van der Waals surface area contributed by atoms with Crippen LogP contribution in [0.3, 0.4) is 0 Å². The summed E-state index contributed by atoms with van der Waals surface area (Å²) in [5.74, 6) is 0. The Kier molecular flexibility index (Phi) is 6.20. The molecule has 7 nitrogen and oxygen atoms in total. The minimum Gasteiger partial charge on any atom is -0.394 e. The van der Waals surface area contributed by atoms with Crippen LogP contribution in [0.25, 0.3) is 0 Å². The van der Waals surface area contributed by atoms with Crippen LogP contribution in [0.2, 0.25) is 5.02 Å². The fraction of sp³-hybridized carbons (Fsp3) is 0.200. The maximum Gasteiger partial charge on any atom is 0.242 e. The molecule has 3 N–H and O–H groups in total. The van der Waals surface area contributed by atoms with Crippen molar-refractivity contribution in [1.82, 2.24) is 4.72 Å². The second kappa shape index (κ2) is 7.81. The third-order valence-corrected chi connectivity index (χ3v) is 6.95. The molecule has 0 spiro atoms. The molecule has 0 bridgehead atoms. The highest BCUT2D eigenvalue weighted by Crippen LogP contribution is 2.28. The van der Waals surface area contributed by atoms with Gasteiger partial charge in [-0.15, -0.1) is 0 Å². The molecule has 136 valence electrons. The van der Waals surface area contributed by atoms with Gasteiger partial charge in [0.25, 0.3) is 0 Å². The van der Waals surface area contributed by atoms with Crippen LogP contribution in [-0.4, -0.2) is 46.3 Å². The highest BCUT2D eigenvalue weighted by Gasteiger charge is 2.24. The molecule has 2 rings (SSSR count). The van der Waals surface area contributed by atoms with Crippen molar-refractivity contribution in [3.8, 4) is 0 Å². The molecule has 0 aromatic heterocycles. The Hall–Kier alpha value is -1.49. The first-order valence-electron chi connectivity index (χ1n) is 7.07. The van der Waals surface area contributed by atoms with Gasteiger partial charge in [-0.25, -0.2) is 21.6 Å². The van der Waals surface area contributed by atoms with Crippen LogP contribution in [0, 0.1) is 0 Å². The van der Waals surface area contributed by atoms with Crippen molar-refractivity contribution in [3.05, 3.63) is 53.6 Å². The number of benzene rings is 2. The van der Waals surface area contributed by atoms with Gasteiger partial charge in [-0.1, -0.05) is 29.8 Å². The van der Waals surface area contributed by atoms with Crippen molar-refractivity contribution in [2.75, 3.05) is 13.2 Å². The fourth-order valence-corrected chi connectivity index (χ4v) is 4.92. The molecule has 0 heterocycles. The van der Waals surface area contributed by atoms with E-state index in [1.807, 2.05) is 0 Å². The van der Waals surface area contributed by atoms with Crippen LogP contribution in [0.5, 0.6) is 0 Å². The molecule has 0 saturated carbocycles. The quantitative estimate of drug-likeness (QED) is 0.626. The number of aliphatic hydroxyl groups is 2. The summed E-state index contributed by atoms with van der Waals surface area (Å²) in [7, 11) is -8.09. The minimum atomic E-state index is -4.18. The molecule has 1 unspecified atom stereocenters. The van der Waals surface area contributed by atoms with Crippen LogP contribution in [0.15, 0.2) is 63.2 Å². The Morgan fingerprint density at radius 3 is 2.24 bits per heavy atom. The lowest BCUT2D eigenvalue weighted by molar-refractivity contribution is 0.0988. The standard InChI is InChI=1S/C15H16ClNO6S2/c16-14-7-6-13(24(20,21)12-4-2-1-3-5-12)8-15(14)25(22,23)17-9-11(19)10-18/h1-8,11,17-19H,9-10H2. The molecule has 25 heavy (non-hydrogen) atoms. The summed E-state index contributed by atoms with van der Waals surface area (Å²) >= 11 is 5.90. The average molecular weight is 406 g/mol. The highest BCUT2D eigenvalue weighted by atomic mass is 35.5. The molecule has 2 aromatic carbocycles. The highest BCUT2D eigenvalue weighted by molar-refractivity contribution is 7.91. The van der Waals surface area contributed by atoms with Crippen LogP contribution < -0.4 is 4.72 Å². The SMILES string of the molecule is O=S(=O)(NCC(O)CO)c1cc(S(=O)(=O)c2ccccc2)ccc1Cl. The molecular formula is C15H16ClNO6S2. The summed E-state index contributed by atoms with van der Waals surface area (Å²) in [5.41, 5.74) is 0. The minimum absolute atomic E-state index is 0.0179. The number of rotatable bonds is 7. The number of halogens is 1. The summed E-state index contributed by atoms with van der Waals surface area (Å²) in [5, 5.41) is 17.8. The second-order valence-corrected chi connectivity index (χ2v) is 9.19. The zero-order valence-corrected chi connectivity index (χ0v) is 15.2. The van der Waals surface area contributed by atoms with E-state index in [1.165, 1.54) is 24.3 Å². The van der Waals surface area contributed by atoms with Gasteiger partial charge >= 0.3 is 0 Å². The molecule has 10 heteroatoms. The van der Waals surface area contributed by atoms with Gasteiger partial charge in [-0.2, -0.15) is 0 Å². The van der Waals surface area contributed by atoms with Gasteiger partial charge in [-0.05, 0) is 30.3 Å². The number of hydrogen-bond acceptors (Lipinski definition) is 6. The lowest BCUT2D eigenvalue weighted by atomic mass is 10.4. The Bertz CT molecular complexity index is 945. The summed E-state index contributed by atoms with van der Waals surface area (Å²) < 4.78 is 51.9. The summed E-state index contributed by atoms with van der Waals surface area (Å²) in [6.45, 7) is -1.07. The maximum absolute atomic E-state index is 12.6. The van der Waals surface area contributed by atoms with Crippen LogP contribution in [0.4, 0.5) is 0 Å². The van der Waals surface area contributed by atoms with Crippen molar-refractivity contribution in [1.29, 1.82) is 0 Å². The smallest absolute Gasteiger partial charge is 0.242 e. The molecule has 0 aliphatic rings. The van der Waals surface area contributed by atoms with E-state index in [0.29, 0.717) is 0 Å². The molecule has 1 atom stereocenters. The number of sulfone groups is 1. The van der Waals surface area contributed by atoms with Crippen LogP contribution in [-0.2, 0) is 19.9 Å². The molecule has 0 saturated heterocycles. The number of sulfonamides is 1. The van der Waals surface area contributed by atoms with Crippen LogP contribution in [0.1, 0.15) is 0 Å². The molecule has 0 amide bonds. The molecule has 0 radical (unpaired) electrons. The summed E-state index contributed by atoms with van der Waals surface area (Å²) in [4.78, 5) is -0.646. The molecule has 0 aliphatic heterocycles. The first-order valence-corrected chi connectivity index (χ1v) is 10.4. The third kappa shape index (κ3) is 4.57. The van der Waals surface area contributed by atoms with E-state index < -0.39 is 44.0 Å². The maximum atomic E-state index is 12.6. The van der Waals surface area contributed by atoms with Crippen molar-refractivity contribution < 1.29 is 27.0 Å². The van der Waals surface area contributed by atoms with E-state index in [2.05, 4.69) is 4.72 Å². The first kappa shape index (κ1) is 19.8. The van der Waals surface area contributed by atoms with Crippen molar-refractivity contribution in [2.24, 2.45) is 0 Å². The zero-order valence-electron chi connectivity index (χ0n) is 12.8. The number of hydrogen-bond donors (Lipinski definition) is 3. The summed E-state index contributed by atoms with van der Waals surface area (Å²) in [6, 6.07) is 10.9. The Morgan fingerprint density at radius 1 is 1.00 bits per heavy atom. The van der Waals surface area contributed by atoms with E-state index >= 15 is 0 Å². The van der Waals surface area contributed by atoms with Crippen molar-refractivity contribution in [3.63, 3.8) is 0 Å². The Morgan fingerprint density at radius 2 is 1.64 bits per heavy atom. The third-order valence-electron chi connectivity index (χ3n) is 3.28. The Balaban J connectivity index is 2.45. The van der Waals surface area contributed by atoms with Gasteiger partial charge in [0.15, 0.2) is 0 Å². The van der Waals surface area contributed by atoms with E-state index in [4.69, 9.17) is 16.7 Å². The largest absolute Gasteiger partial charge is 0.394 e. The van der Waals surface area contributed by atoms with Gasteiger partial charge in [0.05, 0.1) is 27.5 Å². The topological polar surface area (TPSA) is 121 Å². The predicted octanol–water partition coefficient (Wildman–Crippen LogP) is 0.804. The first-order chi connectivity index (χ1) is 11.7. The van der Waals surface area contributed by atoms with E-state index in [-0.39, 0.29) is 14.8 Å². The van der Waals surface area contributed by atoms with Gasteiger partial charge in [0, 0.05) is 6.54 Å². The van der Waals surface area contributed by atoms with Gasteiger partial charge < -0.3 is 10.2 Å². The lowest BCUT2D eigenvalue weighted by Crippen LogP contribution is -2.34. The fourth-order valence-electron chi connectivity index (χ4n) is 1.94. The number of nitrogens with one attached hydrogen (secondary N) is 1. The average Bonchev–Trinajstić information content (AvgIpc) is 2.60. The normalized spacial score (nSPS) is 13.6. The van der Waals surface area contributed by atoms with E-state index in [9.17, 15) is 21.9 Å². The van der Waals surface area contributed by atoms with Crippen LogP contribution >= 0.6 is 11.6 Å². The summed E-state index contributed by atoms with van der Waals surface area (Å²) in [6.07, 6.45) is -1.29. The predicted molar refractivity (Wildman–Crippen MR) is 91.6 cm³/mol. The zero-order chi connectivity index (χ0) is 18.7. The lowest BCUT2D eigenvalue weighted by Gasteiger charge is -2.12. The molecule has 2 aromatic rings. The monoisotopic (exact) mass is 405 g/mol.